The van der Waals surface area contributed by atoms with Crippen molar-refractivity contribution >= 4 is 28.6 Å². The lowest BCUT2D eigenvalue weighted by atomic mass is 9.84. The molecule has 1 aliphatic rings. The van der Waals surface area contributed by atoms with Crippen LogP contribution in [0.2, 0.25) is 0 Å². The van der Waals surface area contributed by atoms with Crippen molar-refractivity contribution in [2.24, 2.45) is 0 Å². The summed E-state index contributed by atoms with van der Waals surface area (Å²) in [6, 6.07) is 7.58. The number of methoxy groups -OCH3 is 1. The third kappa shape index (κ3) is 3.28. The van der Waals surface area contributed by atoms with Gasteiger partial charge in [0.1, 0.15) is 17.1 Å². The fourth-order valence-corrected chi connectivity index (χ4v) is 3.99. The van der Waals surface area contributed by atoms with Crippen molar-refractivity contribution in [1.29, 1.82) is 0 Å². The van der Waals surface area contributed by atoms with Gasteiger partial charge in [0.05, 0.1) is 12.1 Å². The number of pyridine rings is 1. The highest BCUT2D eigenvalue weighted by Crippen LogP contribution is 2.49. The molecule has 3 rings (SSSR count). The first-order chi connectivity index (χ1) is 11.1. The van der Waals surface area contributed by atoms with Crippen molar-refractivity contribution < 1.29 is 19.4 Å². The predicted octanol–water partition coefficient (Wildman–Crippen LogP) is 3.36. The average molecular weight is 333 g/mol. The number of hydrogen-bond donors (Lipinski definition) is 1. The number of benzene rings is 1. The van der Waals surface area contributed by atoms with Crippen LogP contribution in [0, 0.1) is 0 Å². The molecule has 1 N–H and O–H groups in total. The van der Waals surface area contributed by atoms with Gasteiger partial charge in [-0.15, -0.1) is 11.8 Å². The molecular weight excluding hydrogens is 314 g/mol. The molecule has 1 aromatic carbocycles. The molecule has 1 aliphatic carbocycles. The molecule has 0 saturated heterocycles. The van der Waals surface area contributed by atoms with Crippen LogP contribution in [0.25, 0.3) is 10.9 Å². The molecule has 122 valence electrons. The number of rotatable bonds is 7. The standard InChI is InChI=1S/C17H19NO4S/c1-21-9-10-22-12-3-4-14-13(11-12)15(5-8-18-14)23-17(16(19)20)6-2-7-17/h3-5,8,11H,2,6-7,9-10H2,1H3,(H,19,20). The van der Waals surface area contributed by atoms with Crippen LogP contribution < -0.4 is 4.74 Å². The number of aromatic nitrogens is 1. The molecule has 1 saturated carbocycles. The van der Waals surface area contributed by atoms with Crippen LogP contribution in [0.3, 0.4) is 0 Å². The zero-order valence-corrected chi connectivity index (χ0v) is 13.8. The van der Waals surface area contributed by atoms with Crippen molar-refractivity contribution in [2.45, 2.75) is 28.9 Å². The summed E-state index contributed by atoms with van der Waals surface area (Å²) in [6.45, 7) is 0.999. The molecule has 1 fully saturated rings. The van der Waals surface area contributed by atoms with Gasteiger partial charge in [-0.1, -0.05) is 0 Å². The van der Waals surface area contributed by atoms with Gasteiger partial charge in [0.2, 0.25) is 0 Å². The van der Waals surface area contributed by atoms with Gasteiger partial charge < -0.3 is 14.6 Å². The highest BCUT2D eigenvalue weighted by Gasteiger charge is 2.45. The summed E-state index contributed by atoms with van der Waals surface area (Å²) in [5, 5.41) is 10.5. The zero-order valence-electron chi connectivity index (χ0n) is 12.9. The van der Waals surface area contributed by atoms with E-state index in [0.29, 0.717) is 26.1 Å². The van der Waals surface area contributed by atoms with Gasteiger partial charge in [-0.25, -0.2) is 0 Å². The number of carboxylic acid groups (broad SMARTS) is 1. The predicted molar refractivity (Wildman–Crippen MR) is 89.2 cm³/mol. The van der Waals surface area contributed by atoms with E-state index in [1.54, 1.807) is 13.3 Å². The second-order valence-corrected chi connectivity index (χ2v) is 7.01. The van der Waals surface area contributed by atoms with Crippen LogP contribution in [-0.2, 0) is 9.53 Å². The van der Waals surface area contributed by atoms with Crippen LogP contribution in [-0.4, -0.2) is 41.1 Å². The Morgan fingerprint density at radius 1 is 1.35 bits per heavy atom. The Labute approximate surface area is 139 Å². The van der Waals surface area contributed by atoms with Crippen LogP contribution in [0.15, 0.2) is 35.4 Å². The molecule has 0 atom stereocenters. The first-order valence-corrected chi connectivity index (χ1v) is 8.39. The number of carbonyl (C=O) groups is 1. The summed E-state index contributed by atoms with van der Waals surface area (Å²) in [5.41, 5.74) is 0.842. The van der Waals surface area contributed by atoms with E-state index in [2.05, 4.69) is 4.98 Å². The number of thioether (sulfide) groups is 1. The number of fused-ring (bicyclic) bond motifs is 1. The number of nitrogens with zero attached hydrogens (tertiary/aromatic N) is 1. The highest BCUT2D eigenvalue weighted by atomic mass is 32.2. The molecule has 0 aliphatic heterocycles. The van der Waals surface area contributed by atoms with Gasteiger partial charge in [0.15, 0.2) is 0 Å². The van der Waals surface area contributed by atoms with Gasteiger partial charge in [-0.3, -0.25) is 9.78 Å². The maximum Gasteiger partial charge on any atom is 0.320 e. The lowest BCUT2D eigenvalue weighted by molar-refractivity contribution is -0.142. The van der Waals surface area contributed by atoms with Crippen molar-refractivity contribution in [2.75, 3.05) is 20.3 Å². The van der Waals surface area contributed by atoms with Gasteiger partial charge in [-0.2, -0.15) is 0 Å². The van der Waals surface area contributed by atoms with Crippen LogP contribution in [0.4, 0.5) is 0 Å². The Balaban J connectivity index is 1.90. The van der Waals surface area contributed by atoms with Crippen molar-refractivity contribution in [1.82, 2.24) is 4.98 Å². The quantitative estimate of drug-likeness (QED) is 0.784. The summed E-state index contributed by atoms with van der Waals surface area (Å²) in [4.78, 5) is 16.9. The fraction of sp³-hybridized carbons (Fsp3) is 0.412. The first kappa shape index (κ1) is 16.1. The summed E-state index contributed by atoms with van der Waals surface area (Å²) >= 11 is 1.43. The Hall–Kier alpha value is -1.79. The van der Waals surface area contributed by atoms with Crippen molar-refractivity contribution in [3.63, 3.8) is 0 Å². The minimum Gasteiger partial charge on any atom is -0.491 e. The summed E-state index contributed by atoms with van der Waals surface area (Å²) in [6.07, 6.45) is 4.11. The Bertz CT molecular complexity index is 715. The Kier molecular flexibility index (Phi) is 4.73. The highest BCUT2D eigenvalue weighted by molar-refractivity contribution is 8.01. The summed E-state index contributed by atoms with van der Waals surface area (Å²) in [7, 11) is 1.63. The van der Waals surface area contributed by atoms with E-state index >= 15 is 0 Å². The van der Waals surface area contributed by atoms with E-state index in [9.17, 15) is 9.90 Å². The SMILES string of the molecule is COCCOc1ccc2nccc(SC3(C(=O)O)CCC3)c2c1. The largest absolute Gasteiger partial charge is 0.491 e. The van der Waals surface area contributed by atoms with E-state index in [1.165, 1.54) is 11.8 Å². The molecule has 5 nitrogen and oxygen atoms in total. The van der Waals surface area contributed by atoms with Crippen LogP contribution in [0.5, 0.6) is 5.75 Å². The number of carboxylic acids is 1. The number of ether oxygens (including phenoxy) is 2. The topological polar surface area (TPSA) is 68.7 Å². The smallest absolute Gasteiger partial charge is 0.320 e. The summed E-state index contributed by atoms with van der Waals surface area (Å²) < 4.78 is 9.94. The third-order valence-corrected chi connectivity index (χ3v) is 5.64. The Morgan fingerprint density at radius 2 is 2.17 bits per heavy atom. The second kappa shape index (κ2) is 6.76. The maximum atomic E-state index is 11.6. The second-order valence-electron chi connectivity index (χ2n) is 5.58. The van der Waals surface area contributed by atoms with E-state index < -0.39 is 10.7 Å². The van der Waals surface area contributed by atoms with Crippen LogP contribution >= 0.6 is 11.8 Å². The minimum atomic E-state index is -0.730. The fourth-order valence-electron chi connectivity index (χ4n) is 2.59. The molecule has 23 heavy (non-hydrogen) atoms. The molecule has 0 bridgehead atoms. The molecule has 2 aromatic rings. The summed E-state index contributed by atoms with van der Waals surface area (Å²) in [5.74, 6) is 0.00796. The van der Waals surface area contributed by atoms with E-state index in [1.807, 2.05) is 24.3 Å². The van der Waals surface area contributed by atoms with E-state index in [-0.39, 0.29) is 0 Å². The molecule has 1 aromatic heterocycles. The minimum absolute atomic E-state index is 0.476. The maximum absolute atomic E-state index is 11.6. The molecular formula is C17H19NO4S. The lowest BCUT2D eigenvalue weighted by Crippen LogP contribution is -2.41. The molecule has 0 radical (unpaired) electrons. The van der Waals surface area contributed by atoms with Gasteiger partial charge >= 0.3 is 5.97 Å². The zero-order chi connectivity index (χ0) is 16.3. The van der Waals surface area contributed by atoms with Gasteiger partial charge in [-0.05, 0) is 43.5 Å². The van der Waals surface area contributed by atoms with Gasteiger partial charge in [0, 0.05) is 23.6 Å². The molecule has 0 spiro atoms. The number of aliphatic carboxylic acids is 1. The van der Waals surface area contributed by atoms with E-state index in [0.717, 1.165) is 28.0 Å². The Morgan fingerprint density at radius 3 is 2.83 bits per heavy atom. The first-order valence-electron chi connectivity index (χ1n) is 7.57. The molecule has 1 heterocycles. The lowest BCUT2D eigenvalue weighted by Gasteiger charge is -2.37. The number of hydrogen-bond acceptors (Lipinski definition) is 5. The van der Waals surface area contributed by atoms with Gasteiger partial charge in [0.25, 0.3) is 0 Å². The molecule has 0 amide bonds. The molecule has 0 unspecified atom stereocenters. The van der Waals surface area contributed by atoms with Crippen molar-refractivity contribution in [3.8, 4) is 5.75 Å². The third-order valence-electron chi connectivity index (χ3n) is 4.09. The molecule has 6 heteroatoms. The van der Waals surface area contributed by atoms with Crippen molar-refractivity contribution in [3.05, 3.63) is 30.5 Å². The monoisotopic (exact) mass is 333 g/mol. The average Bonchev–Trinajstić information content (AvgIpc) is 2.51. The normalized spacial score (nSPS) is 16.0. The van der Waals surface area contributed by atoms with E-state index in [4.69, 9.17) is 9.47 Å². The van der Waals surface area contributed by atoms with Crippen LogP contribution in [0.1, 0.15) is 19.3 Å².